The summed E-state index contributed by atoms with van der Waals surface area (Å²) in [6.07, 6.45) is 1.26. The third-order valence-electron chi connectivity index (χ3n) is 2.44. The fraction of sp³-hybridized carbons (Fsp3) is 1.00. The van der Waals surface area contributed by atoms with Crippen LogP contribution in [0.4, 0.5) is 0 Å². The van der Waals surface area contributed by atoms with Crippen LogP contribution in [0.5, 0.6) is 0 Å². The van der Waals surface area contributed by atoms with Gasteiger partial charge in [0.1, 0.15) is 0 Å². The molecule has 1 fully saturated rings. The van der Waals surface area contributed by atoms with Crippen molar-refractivity contribution in [2.75, 3.05) is 20.1 Å². The van der Waals surface area contributed by atoms with Gasteiger partial charge in [-0.1, -0.05) is 13.8 Å². The lowest BCUT2D eigenvalue weighted by molar-refractivity contribution is 0.310. The van der Waals surface area contributed by atoms with Crippen LogP contribution in [0.15, 0.2) is 0 Å². The fourth-order valence-electron chi connectivity index (χ4n) is 1.54. The molecule has 1 rings (SSSR count). The molecule has 1 atom stereocenters. The van der Waals surface area contributed by atoms with Crippen molar-refractivity contribution in [3.05, 3.63) is 0 Å². The van der Waals surface area contributed by atoms with Gasteiger partial charge in [0.15, 0.2) is 0 Å². The van der Waals surface area contributed by atoms with Crippen LogP contribution in [-0.4, -0.2) is 30.6 Å². The summed E-state index contributed by atoms with van der Waals surface area (Å²) in [7, 11) is 2.16. The molecule has 1 saturated heterocycles. The minimum absolute atomic E-state index is 0.0186. The van der Waals surface area contributed by atoms with Crippen molar-refractivity contribution in [3.63, 3.8) is 0 Å². The summed E-state index contributed by atoms with van der Waals surface area (Å²) in [6.45, 7) is 10.6. The molecular formula is C10H24N2. The zero-order chi connectivity index (χ0) is 9.78. The van der Waals surface area contributed by atoms with E-state index in [-0.39, 0.29) is 5.54 Å². The van der Waals surface area contributed by atoms with E-state index in [1.807, 2.05) is 13.8 Å². The lowest BCUT2D eigenvalue weighted by Crippen LogP contribution is -2.41. The van der Waals surface area contributed by atoms with Crippen molar-refractivity contribution < 1.29 is 0 Å². The van der Waals surface area contributed by atoms with Gasteiger partial charge < -0.3 is 10.6 Å². The van der Waals surface area contributed by atoms with Crippen LogP contribution in [0.1, 0.15) is 34.1 Å². The lowest BCUT2D eigenvalue weighted by atomic mass is 9.88. The maximum Gasteiger partial charge on any atom is 0.0138 e. The molecule has 2 heteroatoms. The summed E-state index contributed by atoms with van der Waals surface area (Å²) in [5.74, 6) is 0.692. The van der Waals surface area contributed by atoms with Crippen molar-refractivity contribution in [1.29, 1.82) is 0 Å². The van der Waals surface area contributed by atoms with Gasteiger partial charge in [0.2, 0.25) is 0 Å². The molecule has 0 saturated carbocycles. The molecule has 0 aliphatic carbocycles. The summed E-state index contributed by atoms with van der Waals surface area (Å²) < 4.78 is 0. The maximum atomic E-state index is 5.98. The smallest absolute Gasteiger partial charge is 0.0138 e. The van der Waals surface area contributed by atoms with Crippen molar-refractivity contribution in [2.45, 2.75) is 39.7 Å². The summed E-state index contributed by atoms with van der Waals surface area (Å²) in [5, 5.41) is 0. The van der Waals surface area contributed by atoms with E-state index < -0.39 is 0 Å². The van der Waals surface area contributed by atoms with E-state index in [2.05, 4.69) is 25.8 Å². The first-order chi connectivity index (χ1) is 5.50. The number of rotatable bonds is 1. The first kappa shape index (κ1) is 11.9. The normalized spacial score (nSPS) is 25.0. The van der Waals surface area contributed by atoms with E-state index in [1.54, 1.807) is 0 Å². The van der Waals surface area contributed by atoms with Crippen molar-refractivity contribution in [2.24, 2.45) is 11.7 Å². The van der Waals surface area contributed by atoms with Crippen LogP contribution in [0.3, 0.4) is 0 Å². The zero-order valence-electron chi connectivity index (χ0n) is 9.22. The second kappa shape index (κ2) is 4.83. The Hall–Kier alpha value is -0.0800. The van der Waals surface area contributed by atoms with Crippen molar-refractivity contribution >= 4 is 0 Å². The highest BCUT2D eigenvalue weighted by Gasteiger charge is 2.30. The Morgan fingerprint density at radius 3 is 2.00 bits per heavy atom. The Morgan fingerprint density at radius 1 is 1.33 bits per heavy atom. The van der Waals surface area contributed by atoms with E-state index in [9.17, 15) is 0 Å². The molecule has 1 heterocycles. The van der Waals surface area contributed by atoms with E-state index in [0.717, 1.165) is 0 Å². The maximum absolute atomic E-state index is 5.98. The Labute approximate surface area is 77.1 Å². The molecule has 74 valence electrons. The fourth-order valence-corrected chi connectivity index (χ4v) is 1.54. The first-order valence-corrected chi connectivity index (χ1v) is 4.97. The average molecular weight is 172 g/mol. The van der Waals surface area contributed by atoms with Crippen molar-refractivity contribution in [1.82, 2.24) is 4.90 Å². The molecule has 0 radical (unpaired) electrons. The molecule has 0 aromatic heterocycles. The topological polar surface area (TPSA) is 29.3 Å². The van der Waals surface area contributed by atoms with E-state index >= 15 is 0 Å². The van der Waals surface area contributed by atoms with Crippen molar-refractivity contribution in [3.8, 4) is 0 Å². The summed E-state index contributed by atoms with van der Waals surface area (Å²) >= 11 is 0. The molecule has 1 unspecified atom stereocenters. The minimum Gasteiger partial charge on any atom is -0.325 e. The molecule has 1 aliphatic rings. The van der Waals surface area contributed by atoms with Gasteiger partial charge >= 0.3 is 0 Å². The molecule has 0 aromatic rings. The van der Waals surface area contributed by atoms with E-state index in [0.29, 0.717) is 5.92 Å². The third-order valence-corrected chi connectivity index (χ3v) is 2.44. The van der Waals surface area contributed by atoms with Crippen LogP contribution in [0.25, 0.3) is 0 Å². The predicted octanol–water partition coefficient (Wildman–Crippen LogP) is 1.70. The number of hydrogen-bond donors (Lipinski definition) is 1. The van der Waals surface area contributed by atoms with Crippen LogP contribution in [0.2, 0.25) is 0 Å². The third kappa shape index (κ3) is 3.55. The number of hydrogen-bond acceptors (Lipinski definition) is 2. The SMILES string of the molecule is CC.CN1CCC(C(C)(C)N)C1. The summed E-state index contributed by atoms with van der Waals surface area (Å²) in [5.41, 5.74) is 5.99. The highest BCUT2D eigenvalue weighted by molar-refractivity contribution is 4.88. The van der Waals surface area contributed by atoms with Crippen LogP contribution >= 0.6 is 0 Å². The Bertz CT molecular complexity index is 115. The van der Waals surface area contributed by atoms with Gasteiger partial charge in [-0.3, -0.25) is 0 Å². The molecule has 12 heavy (non-hydrogen) atoms. The standard InChI is InChI=1S/C8H18N2.C2H6/c1-8(2,9)7-4-5-10(3)6-7;1-2/h7H,4-6,9H2,1-3H3;1-2H3. The van der Waals surface area contributed by atoms with Gasteiger partial charge in [-0.2, -0.15) is 0 Å². The predicted molar refractivity (Wildman–Crippen MR) is 55.2 cm³/mol. The Balaban J connectivity index is 0.000000561. The average Bonchev–Trinajstić information content (AvgIpc) is 2.39. The lowest BCUT2D eigenvalue weighted by Gasteiger charge is -2.26. The van der Waals surface area contributed by atoms with Crippen LogP contribution in [-0.2, 0) is 0 Å². The van der Waals surface area contributed by atoms with Gasteiger partial charge in [-0.25, -0.2) is 0 Å². The Kier molecular flexibility index (Phi) is 4.80. The molecule has 0 amide bonds. The Morgan fingerprint density at radius 2 is 1.83 bits per heavy atom. The first-order valence-electron chi connectivity index (χ1n) is 4.97. The molecule has 1 aliphatic heterocycles. The molecule has 2 nitrogen and oxygen atoms in total. The monoisotopic (exact) mass is 172 g/mol. The zero-order valence-corrected chi connectivity index (χ0v) is 9.22. The quantitative estimate of drug-likeness (QED) is 0.652. The number of nitrogens with two attached hydrogens (primary N) is 1. The van der Waals surface area contributed by atoms with Gasteiger partial charge in [0.05, 0.1) is 0 Å². The van der Waals surface area contributed by atoms with Gasteiger partial charge in [-0.15, -0.1) is 0 Å². The highest BCUT2D eigenvalue weighted by Crippen LogP contribution is 2.23. The van der Waals surface area contributed by atoms with Gasteiger partial charge in [0.25, 0.3) is 0 Å². The van der Waals surface area contributed by atoms with Crippen LogP contribution < -0.4 is 5.73 Å². The van der Waals surface area contributed by atoms with Gasteiger partial charge in [-0.05, 0) is 39.8 Å². The second-order valence-electron chi connectivity index (χ2n) is 4.07. The molecule has 2 N–H and O–H groups in total. The summed E-state index contributed by atoms with van der Waals surface area (Å²) in [6, 6.07) is 0. The largest absolute Gasteiger partial charge is 0.325 e. The van der Waals surface area contributed by atoms with Gasteiger partial charge in [0, 0.05) is 12.1 Å². The molecule has 0 bridgehead atoms. The number of likely N-dealkylation sites (tertiary alicyclic amines) is 1. The summed E-state index contributed by atoms with van der Waals surface area (Å²) in [4.78, 5) is 2.35. The van der Waals surface area contributed by atoms with E-state index in [4.69, 9.17) is 5.73 Å². The minimum atomic E-state index is 0.0186. The molecule has 0 spiro atoms. The highest BCUT2D eigenvalue weighted by atomic mass is 15.1. The second-order valence-corrected chi connectivity index (χ2v) is 4.07. The molecule has 0 aromatic carbocycles. The van der Waals surface area contributed by atoms with E-state index in [1.165, 1.54) is 19.5 Å². The number of nitrogens with zero attached hydrogens (tertiary/aromatic N) is 1. The van der Waals surface area contributed by atoms with Crippen LogP contribution in [0, 0.1) is 5.92 Å². The molecular weight excluding hydrogens is 148 g/mol.